The normalized spacial score (nSPS) is 18.7. The van der Waals surface area contributed by atoms with Crippen molar-refractivity contribution in [2.24, 2.45) is 5.92 Å². The van der Waals surface area contributed by atoms with E-state index < -0.39 is 0 Å². The van der Waals surface area contributed by atoms with Crippen molar-refractivity contribution in [3.8, 4) is 6.07 Å². The standard InChI is InChI=1S/C30H32ClFN4O2/c31-27-25-10-5-20(3-1-14-33)19-26(25)34-28(27)30(38)36-15-2-4-24(36)13-18-35-16-11-22(12-17-35)29(37)21-6-8-23(32)9-7-21/h5-10,19,22,24,34H,1-4,11-13,15-18H2/t24-/m0/s1. The van der Waals surface area contributed by atoms with Crippen LogP contribution in [-0.4, -0.2) is 58.7 Å². The number of halogens is 2. The van der Waals surface area contributed by atoms with Gasteiger partial charge in [-0.1, -0.05) is 23.7 Å². The van der Waals surface area contributed by atoms with Gasteiger partial charge in [0.1, 0.15) is 11.5 Å². The number of hydrogen-bond acceptors (Lipinski definition) is 4. The Kier molecular flexibility index (Phi) is 8.11. The second kappa shape index (κ2) is 11.7. The molecule has 2 aromatic carbocycles. The average Bonchev–Trinajstić information content (AvgIpc) is 3.55. The predicted octanol–water partition coefficient (Wildman–Crippen LogP) is 6.01. The van der Waals surface area contributed by atoms with Crippen LogP contribution in [0.15, 0.2) is 42.5 Å². The summed E-state index contributed by atoms with van der Waals surface area (Å²) in [5.41, 5.74) is 2.88. The summed E-state index contributed by atoms with van der Waals surface area (Å²) < 4.78 is 13.2. The average molecular weight is 535 g/mol. The molecule has 3 aromatic rings. The van der Waals surface area contributed by atoms with Crippen LogP contribution in [-0.2, 0) is 6.42 Å². The number of nitriles is 1. The molecular formula is C30H32ClFN4O2. The van der Waals surface area contributed by atoms with Crippen LogP contribution in [0.1, 0.15) is 64.9 Å². The van der Waals surface area contributed by atoms with E-state index in [9.17, 15) is 14.0 Å². The van der Waals surface area contributed by atoms with Gasteiger partial charge in [-0.05, 0) is 87.5 Å². The van der Waals surface area contributed by atoms with Crippen molar-refractivity contribution in [1.29, 1.82) is 5.26 Å². The Morgan fingerprint density at radius 3 is 2.58 bits per heavy atom. The summed E-state index contributed by atoms with van der Waals surface area (Å²) in [7, 11) is 0. The maximum atomic E-state index is 13.5. The van der Waals surface area contributed by atoms with Crippen LogP contribution < -0.4 is 0 Å². The Bertz CT molecular complexity index is 1360. The Morgan fingerprint density at radius 1 is 1.08 bits per heavy atom. The highest BCUT2D eigenvalue weighted by atomic mass is 35.5. The molecule has 0 spiro atoms. The van der Waals surface area contributed by atoms with E-state index in [1.807, 2.05) is 23.1 Å². The van der Waals surface area contributed by atoms with E-state index in [1.165, 1.54) is 12.1 Å². The number of Topliss-reactive ketones (excluding diaryl/α,β-unsaturated/α-hetero) is 1. The van der Waals surface area contributed by atoms with E-state index in [0.717, 1.165) is 74.7 Å². The molecular weight excluding hydrogens is 503 g/mol. The van der Waals surface area contributed by atoms with Gasteiger partial charge in [0.25, 0.3) is 5.91 Å². The molecule has 2 aliphatic heterocycles. The molecule has 3 heterocycles. The van der Waals surface area contributed by atoms with Gasteiger partial charge in [-0.15, -0.1) is 0 Å². The highest BCUT2D eigenvalue weighted by Gasteiger charge is 2.33. The van der Waals surface area contributed by atoms with E-state index in [0.29, 0.717) is 29.1 Å². The first kappa shape index (κ1) is 26.4. The van der Waals surface area contributed by atoms with E-state index in [1.54, 1.807) is 12.1 Å². The molecule has 1 amide bonds. The minimum Gasteiger partial charge on any atom is -0.349 e. The highest BCUT2D eigenvalue weighted by Crippen LogP contribution is 2.32. The number of benzene rings is 2. The fourth-order valence-electron chi connectivity index (χ4n) is 5.86. The molecule has 2 fully saturated rings. The number of aromatic nitrogens is 1. The van der Waals surface area contributed by atoms with Gasteiger partial charge >= 0.3 is 0 Å². The van der Waals surface area contributed by atoms with Crippen molar-refractivity contribution in [3.05, 3.63) is 70.1 Å². The molecule has 1 N–H and O–H groups in total. The van der Waals surface area contributed by atoms with Crippen molar-refractivity contribution >= 4 is 34.2 Å². The molecule has 8 heteroatoms. The minimum absolute atomic E-state index is 0.0224. The van der Waals surface area contributed by atoms with Gasteiger partial charge in [-0.25, -0.2) is 4.39 Å². The molecule has 5 rings (SSSR count). The zero-order valence-corrected chi connectivity index (χ0v) is 22.1. The van der Waals surface area contributed by atoms with Crippen LogP contribution in [0.3, 0.4) is 0 Å². The third-order valence-electron chi connectivity index (χ3n) is 8.04. The summed E-state index contributed by atoms with van der Waals surface area (Å²) in [6, 6.07) is 14.0. The summed E-state index contributed by atoms with van der Waals surface area (Å²) in [6.45, 7) is 3.30. The lowest BCUT2D eigenvalue weighted by Crippen LogP contribution is -2.41. The number of hydrogen-bond donors (Lipinski definition) is 1. The Balaban J connectivity index is 1.17. The van der Waals surface area contributed by atoms with E-state index in [2.05, 4.69) is 16.0 Å². The van der Waals surface area contributed by atoms with Gasteiger partial charge in [0.05, 0.1) is 11.1 Å². The SMILES string of the molecule is N#CCCc1ccc2c(Cl)c(C(=O)N3CCC[C@H]3CCN3CCC(C(=O)c4ccc(F)cc4)CC3)[nH]c2c1. The molecule has 6 nitrogen and oxygen atoms in total. The number of fused-ring (bicyclic) bond motifs is 1. The lowest BCUT2D eigenvalue weighted by atomic mass is 9.88. The first-order valence-corrected chi connectivity index (χ1v) is 13.8. The van der Waals surface area contributed by atoms with Crippen LogP contribution in [0.5, 0.6) is 0 Å². The van der Waals surface area contributed by atoms with Gasteiger partial charge in [0.15, 0.2) is 5.78 Å². The van der Waals surface area contributed by atoms with E-state index >= 15 is 0 Å². The van der Waals surface area contributed by atoms with Gasteiger partial charge in [0.2, 0.25) is 0 Å². The molecule has 1 atom stereocenters. The van der Waals surface area contributed by atoms with Crippen LogP contribution in [0, 0.1) is 23.1 Å². The first-order chi connectivity index (χ1) is 18.4. The molecule has 1 aromatic heterocycles. The smallest absolute Gasteiger partial charge is 0.272 e. The number of carbonyl (C=O) groups is 2. The van der Waals surface area contributed by atoms with Crippen LogP contribution in [0.4, 0.5) is 4.39 Å². The van der Waals surface area contributed by atoms with Crippen molar-refractivity contribution in [3.63, 3.8) is 0 Å². The number of carbonyl (C=O) groups excluding carboxylic acids is 2. The van der Waals surface area contributed by atoms with Crippen LogP contribution >= 0.6 is 11.6 Å². The number of piperidine rings is 1. The summed E-state index contributed by atoms with van der Waals surface area (Å²) in [6.07, 6.45) is 5.54. The van der Waals surface area contributed by atoms with E-state index in [-0.39, 0.29) is 29.5 Å². The largest absolute Gasteiger partial charge is 0.349 e. The molecule has 2 saturated heterocycles. The Labute approximate surface area is 227 Å². The number of ketones is 1. The van der Waals surface area contributed by atoms with Gasteiger partial charge in [-0.3, -0.25) is 9.59 Å². The fourth-order valence-corrected chi connectivity index (χ4v) is 6.15. The van der Waals surface area contributed by atoms with Crippen LogP contribution in [0.2, 0.25) is 5.02 Å². The van der Waals surface area contributed by atoms with Crippen molar-refractivity contribution in [2.75, 3.05) is 26.2 Å². The molecule has 38 heavy (non-hydrogen) atoms. The Morgan fingerprint density at radius 2 is 1.84 bits per heavy atom. The van der Waals surface area contributed by atoms with Gasteiger partial charge in [-0.2, -0.15) is 5.26 Å². The molecule has 198 valence electrons. The van der Waals surface area contributed by atoms with Crippen LogP contribution in [0.25, 0.3) is 10.9 Å². The summed E-state index contributed by atoms with van der Waals surface area (Å²) in [5.74, 6) is -0.310. The lowest BCUT2D eigenvalue weighted by molar-refractivity contribution is 0.0700. The zero-order valence-electron chi connectivity index (χ0n) is 21.4. The number of aromatic amines is 1. The monoisotopic (exact) mass is 534 g/mol. The van der Waals surface area contributed by atoms with Gasteiger partial charge < -0.3 is 14.8 Å². The summed E-state index contributed by atoms with van der Waals surface area (Å²) in [5, 5.41) is 10.1. The third kappa shape index (κ3) is 5.62. The maximum absolute atomic E-state index is 13.5. The zero-order chi connectivity index (χ0) is 26.6. The highest BCUT2D eigenvalue weighted by molar-refractivity contribution is 6.38. The van der Waals surface area contributed by atoms with Crippen molar-refractivity contribution < 1.29 is 14.0 Å². The number of rotatable bonds is 8. The quantitative estimate of drug-likeness (QED) is 0.359. The van der Waals surface area contributed by atoms with E-state index in [4.69, 9.17) is 16.9 Å². The molecule has 0 unspecified atom stereocenters. The van der Waals surface area contributed by atoms with Crippen molar-refractivity contribution in [1.82, 2.24) is 14.8 Å². The molecule has 2 aliphatic rings. The number of H-pyrrole nitrogens is 1. The number of aryl methyl sites for hydroxylation is 1. The minimum atomic E-state index is -0.330. The predicted molar refractivity (Wildman–Crippen MR) is 146 cm³/mol. The topological polar surface area (TPSA) is 80.2 Å². The second-order valence-corrected chi connectivity index (χ2v) is 10.8. The van der Waals surface area contributed by atoms with Gasteiger partial charge in [0, 0.05) is 47.9 Å². The fraction of sp³-hybridized carbons (Fsp3) is 0.433. The lowest BCUT2D eigenvalue weighted by Gasteiger charge is -2.33. The number of nitrogens with one attached hydrogen (secondary N) is 1. The number of nitrogens with zero attached hydrogens (tertiary/aromatic N) is 3. The number of likely N-dealkylation sites (tertiary alicyclic amines) is 2. The maximum Gasteiger partial charge on any atom is 0.272 e. The number of amides is 1. The molecule has 0 radical (unpaired) electrons. The third-order valence-corrected chi connectivity index (χ3v) is 8.44. The molecule has 0 bridgehead atoms. The summed E-state index contributed by atoms with van der Waals surface area (Å²) >= 11 is 6.64. The molecule has 0 saturated carbocycles. The van der Waals surface area contributed by atoms with Crippen molar-refractivity contribution in [2.45, 2.75) is 51.0 Å². The Hall–Kier alpha value is -3.21. The summed E-state index contributed by atoms with van der Waals surface area (Å²) in [4.78, 5) is 33.9. The first-order valence-electron chi connectivity index (χ1n) is 13.4. The second-order valence-electron chi connectivity index (χ2n) is 10.4. The molecule has 0 aliphatic carbocycles.